The Hall–Kier alpha value is -1.48. The van der Waals surface area contributed by atoms with Gasteiger partial charge >= 0.3 is 5.97 Å². The Balaban J connectivity index is 2.36. The first-order valence-corrected chi connectivity index (χ1v) is 7.80. The number of hydrogen-bond acceptors (Lipinski definition) is 3. The molecule has 0 bridgehead atoms. The lowest BCUT2D eigenvalue weighted by molar-refractivity contribution is 0.0697. The van der Waals surface area contributed by atoms with Gasteiger partial charge in [0.05, 0.1) is 11.1 Å². The van der Waals surface area contributed by atoms with Crippen LogP contribution in [-0.2, 0) is 0 Å². The van der Waals surface area contributed by atoms with Crippen LogP contribution in [0.4, 0.5) is 9.39 Å². The van der Waals surface area contributed by atoms with Crippen molar-refractivity contribution >= 4 is 50.8 Å². The number of aryl methyl sites for hydroxylation is 1. The molecule has 1 heterocycles. The summed E-state index contributed by atoms with van der Waals surface area (Å²) in [7, 11) is 0. The molecule has 0 fully saturated rings. The Bertz CT molecular complexity index is 742. The van der Waals surface area contributed by atoms with Crippen molar-refractivity contribution in [1.82, 2.24) is 0 Å². The highest BCUT2D eigenvalue weighted by atomic mass is 127. The largest absolute Gasteiger partial charge is 0.478 e. The van der Waals surface area contributed by atoms with Gasteiger partial charge in [0.2, 0.25) is 0 Å². The van der Waals surface area contributed by atoms with Crippen LogP contribution in [0, 0.1) is 23.2 Å². The number of carboxylic acids is 1. The van der Waals surface area contributed by atoms with Gasteiger partial charge in [-0.05, 0) is 60.2 Å². The van der Waals surface area contributed by atoms with Crippen LogP contribution >= 0.6 is 33.9 Å². The van der Waals surface area contributed by atoms with Crippen LogP contribution in [0.15, 0.2) is 18.2 Å². The van der Waals surface area contributed by atoms with Crippen LogP contribution in [0.3, 0.4) is 0 Å². The van der Waals surface area contributed by atoms with E-state index in [0.717, 1.165) is 4.88 Å². The maximum absolute atomic E-state index is 13.1. The van der Waals surface area contributed by atoms with E-state index in [1.165, 1.54) is 29.5 Å². The van der Waals surface area contributed by atoms with Gasteiger partial charge in [0.15, 0.2) is 0 Å². The third-order valence-corrected chi connectivity index (χ3v) is 5.02. The molecule has 1 amide bonds. The molecule has 0 saturated heterocycles. The molecule has 0 atom stereocenters. The molecule has 2 N–H and O–H groups in total. The summed E-state index contributed by atoms with van der Waals surface area (Å²) in [5.74, 6) is -1.96. The number of rotatable bonds is 3. The van der Waals surface area contributed by atoms with Crippen molar-refractivity contribution in [3.63, 3.8) is 0 Å². The number of amides is 1. The number of carboxylic acid groups (broad SMARTS) is 1. The topological polar surface area (TPSA) is 66.4 Å². The Kier molecular flexibility index (Phi) is 4.62. The lowest BCUT2D eigenvalue weighted by Gasteiger charge is -2.06. The minimum absolute atomic E-state index is 0.1000. The molecule has 0 spiro atoms. The monoisotopic (exact) mass is 419 g/mol. The van der Waals surface area contributed by atoms with Gasteiger partial charge in [-0.25, -0.2) is 9.18 Å². The van der Waals surface area contributed by atoms with Gasteiger partial charge in [0, 0.05) is 8.45 Å². The van der Waals surface area contributed by atoms with E-state index in [9.17, 15) is 19.1 Å². The molecule has 1 aromatic heterocycles. The van der Waals surface area contributed by atoms with Crippen LogP contribution in [0.25, 0.3) is 0 Å². The van der Waals surface area contributed by atoms with Crippen molar-refractivity contribution in [3.8, 4) is 0 Å². The van der Waals surface area contributed by atoms with E-state index in [0.29, 0.717) is 19.7 Å². The molecule has 7 heteroatoms. The van der Waals surface area contributed by atoms with Crippen LogP contribution in [0.5, 0.6) is 0 Å². The minimum Gasteiger partial charge on any atom is -0.478 e. The van der Waals surface area contributed by atoms with Crippen LogP contribution < -0.4 is 5.32 Å². The van der Waals surface area contributed by atoms with Gasteiger partial charge < -0.3 is 10.4 Å². The second-order valence-electron chi connectivity index (χ2n) is 4.37. The van der Waals surface area contributed by atoms with E-state index in [1.807, 2.05) is 22.6 Å². The van der Waals surface area contributed by atoms with Gasteiger partial charge in [-0.3, -0.25) is 4.79 Å². The zero-order chi connectivity index (χ0) is 15.7. The summed E-state index contributed by atoms with van der Waals surface area (Å²) in [4.78, 5) is 24.3. The molecule has 0 radical (unpaired) electrons. The van der Waals surface area contributed by atoms with Crippen molar-refractivity contribution in [2.45, 2.75) is 13.8 Å². The van der Waals surface area contributed by atoms with E-state index < -0.39 is 17.7 Å². The number of nitrogens with one attached hydrogen (secondary N) is 1. The van der Waals surface area contributed by atoms with Crippen molar-refractivity contribution < 1.29 is 19.1 Å². The number of halogens is 2. The first-order chi connectivity index (χ1) is 9.81. The van der Waals surface area contributed by atoms with Crippen molar-refractivity contribution in [3.05, 3.63) is 49.2 Å². The van der Waals surface area contributed by atoms with Gasteiger partial charge in [0.1, 0.15) is 10.8 Å². The number of benzene rings is 1. The summed E-state index contributed by atoms with van der Waals surface area (Å²) in [6.45, 7) is 3.50. The molecular weight excluding hydrogens is 408 g/mol. The molecule has 0 aliphatic heterocycles. The van der Waals surface area contributed by atoms with Crippen molar-refractivity contribution in [1.29, 1.82) is 0 Å². The van der Waals surface area contributed by atoms with E-state index >= 15 is 0 Å². The SMILES string of the molecule is Cc1sc(NC(=O)c2ccc(F)cc2I)c(C(=O)O)c1C. The maximum Gasteiger partial charge on any atom is 0.338 e. The third-order valence-electron chi connectivity index (χ3n) is 3.00. The lowest BCUT2D eigenvalue weighted by Crippen LogP contribution is -2.15. The maximum atomic E-state index is 13.1. The summed E-state index contributed by atoms with van der Waals surface area (Å²) < 4.78 is 13.5. The van der Waals surface area contributed by atoms with E-state index in [-0.39, 0.29) is 5.56 Å². The average Bonchev–Trinajstić information content (AvgIpc) is 2.64. The molecule has 1 aromatic carbocycles. The Morgan fingerprint density at radius 3 is 2.57 bits per heavy atom. The highest BCUT2D eigenvalue weighted by Gasteiger charge is 2.21. The zero-order valence-electron chi connectivity index (χ0n) is 11.2. The summed E-state index contributed by atoms with van der Waals surface area (Å²) in [6.07, 6.45) is 0. The molecule has 0 unspecified atom stereocenters. The normalized spacial score (nSPS) is 10.5. The predicted molar refractivity (Wildman–Crippen MR) is 87.8 cm³/mol. The lowest BCUT2D eigenvalue weighted by atomic mass is 10.1. The molecule has 2 rings (SSSR count). The van der Waals surface area contributed by atoms with E-state index in [4.69, 9.17) is 0 Å². The number of carbonyl (C=O) groups excluding carboxylic acids is 1. The van der Waals surface area contributed by atoms with E-state index in [2.05, 4.69) is 5.32 Å². The van der Waals surface area contributed by atoms with Crippen LogP contribution in [0.1, 0.15) is 31.2 Å². The summed E-state index contributed by atoms with van der Waals surface area (Å²) >= 11 is 3.08. The third kappa shape index (κ3) is 3.24. The predicted octanol–water partition coefficient (Wildman–Crippen LogP) is 4.06. The number of aromatic carboxylic acids is 1. The fourth-order valence-electron chi connectivity index (χ4n) is 1.82. The van der Waals surface area contributed by atoms with Gasteiger partial charge in [-0.1, -0.05) is 0 Å². The Morgan fingerprint density at radius 1 is 1.33 bits per heavy atom. The Labute approximate surface area is 138 Å². The molecule has 0 saturated carbocycles. The van der Waals surface area contributed by atoms with Gasteiger partial charge in [0.25, 0.3) is 5.91 Å². The Morgan fingerprint density at radius 2 is 2.00 bits per heavy atom. The molecule has 21 heavy (non-hydrogen) atoms. The molecule has 0 aliphatic carbocycles. The van der Waals surface area contributed by atoms with Crippen LogP contribution in [0.2, 0.25) is 0 Å². The summed E-state index contributed by atoms with van der Waals surface area (Å²) in [5.41, 5.74) is 1.04. The molecular formula is C14H11FINO3S. The molecule has 110 valence electrons. The number of carbonyl (C=O) groups is 2. The van der Waals surface area contributed by atoms with Crippen molar-refractivity contribution in [2.24, 2.45) is 0 Å². The second-order valence-corrected chi connectivity index (χ2v) is 6.76. The zero-order valence-corrected chi connectivity index (χ0v) is 14.1. The van der Waals surface area contributed by atoms with Gasteiger partial charge in [-0.15, -0.1) is 11.3 Å². The highest BCUT2D eigenvalue weighted by Crippen LogP contribution is 2.32. The van der Waals surface area contributed by atoms with Gasteiger partial charge in [-0.2, -0.15) is 0 Å². The molecule has 0 aliphatic rings. The van der Waals surface area contributed by atoms with Crippen LogP contribution in [-0.4, -0.2) is 17.0 Å². The fourth-order valence-corrected chi connectivity index (χ4v) is 3.59. The number of thiophene rings is 1. The highest BCUT2D eigenvalue weighted by molar-refractivity contribution is 14.1. The smallest absolute Gasteiger partial charge is 0.338 e. The first kappa shape index (κ1) is 15.9. The molecule has 2 aromatic rings. The average molecular weight is 419 g/mol. The fraction of sp³-hybridized carbons (Fsp3) is 0.143. The number of anilines is 1. The second kappa shape index (κ2) is 6.10. The van der Waals surface area contributed by atoms with E-state index in [1.54, 1.807) is 13.8 Å². The standard InChI is InChI=1S/C14H11FINO3S/c1-6-7(2)21-13(11(6)14(19)20)17-12(18)9-4-3-8(15)5-10(9)16/h3-5H,1-2H3,(H,17,18)(H,19,20). The summed E-state index contributed by atoms with van der Waals surface area (Å²) in [5, 5.41) is 12.1. The quantitative estimate of drug-likeness (QED) is 0.738. The minimum atomic E-state index is -1.08. The molecule has 4 nitrogen and oxygen atoms in total. The first-order valence-electron chi connectivity index (χ1n) is 5.91. The number of hydrogen-bond donors (Lipinski definition) is 2. The van der Waals surface area contributed by atoms with Crippen molar-refractivity contribution in [2.75, 3.05) is 5.32 Å². The summed E-state index contributed by atoms with van der Waals surface area (Å²) in [6, 6.07) is 3.82.